The molecule has 0 bridgehead atoms. The Morgan fingerprint density at radius 2 is 2.00 bits per heavy atom. The Morgan fingerprint density at radius 3 is 2.50 bits per heavy atom. The average molecular weight is 261 g/mol. The van der Waals surface area contributed by atoms with E-state index in [1.54, 1.807) is 12.4 Å². The third kappa shape index (κ3) is 5.43. The SMILES string of the molecule is CNCc1cnc(SCCS(C)(=O)=O)nc1. The van der Waals surface area contributed by atoms with Crippen LogP contribution in [0, 0.1) is 0 Å². The molecule has 7 heteroatoms. The van der Waals surface area contributed by atoms with Crippen molar-refractivity contribution in [2.24, 2.45) is 0 Å². The maximum atomic E-state index is 10.9. The van der Waals surface area contributed by atoms with Crippen LogP contribution in [0.4, 0.5) is 0 Å². The molecule has 0 aliphatic rings. The van der Waals surface area contributed by atoms with E-state index in [2.05, 4.69) is 15.3 Å². The first kappa shape index (κ1) is 13.4. The summed E-state index contributed by atoms with van der Waals surface area (Å²) in [6, 6.07) is 0. The smallest absolute Gasteiger partial charge is 0.187 e. The van der Waals surface area contributed by atoms with Gasteiger partial charge in [0.05, 0.1) is 5.75 Å². The fourth-order valence-corrected chi connectivity index (χ4v) is 2.98. The predicted octanol–water partition coefficient (Wildman–Crippen LogP) is 0.333. The molecular formula is C9H15N3O2S2. The van der Waals surface area contributed by atoms with Gasteiger partial charge in [-0.1, -0.05) is 11.8 Å². The summed E-state index contributed by atoms with van der Waals surface area (Å²) >= 11 is 1.35. The van der Waals surface area contributed by atoms with E-state index in [1.807, 2.05) is 7.05 Å². The van der Waals surface area contributed by atoms with Crippen molar-refractivity contribution in [2.45, 2.75) is 11.7 Å². The molecule has 0 spiro atoms. The number of hydrogen-bond donors (Lipinski definition) is 1. The summed E-state index contributed by atoms with van der Waals surface area (Å²) in [7, 11) is -1.04. The largest absolute Gasteiger partial charge is 0.316 e. The van der Waals surface area contributed by atoms with Gasteiger partial charge in [0.25, 0.3) is 0 Å². The van der Waals surface area contributed by atoms with Gasteiger partial charge in [0.2, 0.25) is 0 Å². The van der Waals surface area contributed by atoms with Crippen molar-refractivity contribution in [3.8, 4) is 0 Å². The van der Waals surface area contributed by atoms with Gasteiger partial charge in [-0.05, 0) is 7.05 Å². The van der Waals surface area contributed by atoms with Crippen LogP contribution in [0.1, 0.15) is 5.56 Å². The van der Waals surface area contributed by atoms with E-state index in [1.165, 1.54) is 18.0 Å². The predicted molar refractivity (Wildman–Crippen MR) is 65.2 cm³/mol. The van der Waals surface area contributed by atoms with E-state index in [9.17, 15) is 8.42 Å². The molecule has 5 nitrogen and oxygen atoms in total. The van der Waals surface area contributed by atoms with Gasteiger partial charge in [0, 0.05) is 36.5 Å². The summed E-state index contributed by atoms with van der Waals surface area (Å²) in [5, 5.41) is 3.61. The first-order valence-corrected chi connectivity index (χ1v) is 7.82. The van der Waals surface area contributed by atoms with Gasteiger partial charge in [-0.15, -0.1) is 0 Å². The van der Waals surface area contributed by atoms with Crippen LogP contribution in [0.3, 0.4) is 0 Å². The van der Waals surface area contributed by atoms with Gasteiger partial charge >= 0.3 is 0 Å². The molecule has 0 fully saturated rings. The van der Waals surface area contributed by atoms with Crippen molar-refractivity contribution >= 4 is 21.6 Å². The lowest BCUT2D eigenvalue weighted by molar-refractivity contribution is 0.603. The molecule has 0 unspecified atom stereocenters. The topological polar surface area (TPSA) is 72.0 Å². The van der Waals surface area contributed by atoms with Crippen LogP contribution >= 0.6 is 11.8 Å². The highest BCUT2D eigenvalue weighted by Gasteiger charge is 2.04. The Morgan fingerprint density at radius 1 is 1.38 bits per heavy atom. The number of nitrogens with one attached hydrogen (secondary N) is 1. The zero-order valence-corrected chi connectivity index (χ0v) is 10.9. The summed E-state index contributed by atoms with van der Waals surface area (Å²) in [5.74, 6) is 0.642. The summed E-state index contributed by atoms with van der Waals surface area (Å²) < 4.78 is 21.8. The monoisotopic (exact) mass is 261 g/mol. The lowest BCUT2D eigenvalue weighted by Gasteiger charge is -2.01. The molecule has 0 atom stereocenters. The van der Waals surface area contributed by atoms with E-state index < -0.39 is 9.84 Å². The van der Waals surface area contributed by atoms with E-state index in [0.29, 0.717) is 10.9 Å². The highest BCUT2D eigenvalue weighted by Crippen LogP contribution is 2.12. The standard InChI is InChI=1S/C9H15N3O2S2/c1-10-5-8-6-11-9(12-7-8)15-3-4-16(2,13)14/h6-7,10H,3-5H2,1-2H3. The normalized spacial score (nSPS) is 11.6. The highest BCUT2D eigenvalue weighted by atomic mass is 32.2. The molecular weight excluding hydrogens is 246 g/mol. The Labute approximate surface area is 100.0 Å². The zero-order valence-electron chi connectivity index (χ0n) is 9.30. The molecule has 0 aliphatic carbocycles. The first-order chi connectivity index (χ1) is 7.51. The molecule has 1 heterocycles. The van der Waals surface area contributed by atoms with E-state index >= 15 is 0 Å². The summed E-state index contributed by atoms with van der Waals surface area (Å²) in [6.07, 6.45) is 4.71. The second kappa shape index (κ2) is 6.17. The van der Waals surface area contributed by atoms with Gasteiger partial charge < -0.3 is 5.32 Å². The minimum Gasteiger partial charge on any atom is -0.316 e. The van der Waals surface area contributed by atoms with Crippen molar-refractivity contribution in [1.29, 1.82) is 0 Å². The van der Waals surface area contributed by atoms with Crippen molar-refractivity contribution in [3.63, 3.8) is 0 Å². The van der Waals surface area contributed by atoms with Crippen molar-refractivity contribution in [1.82, 2.24) is 15.3 Å². The van der Waals surface area contributed by atoms with Crippen LogP contribution in [0.25, 0.3) is 0 Å². The Bertz CT molecular complexity index is 417. The molecule has 16 heavy (non-hydrogen) atoms. The molecule has 90 valence electrons. The summed E-state index contributed by atoms with van der Waals surface area (Å²) in [4.78, 5) is 8.27. The molecule has 0 amide bonds. The average Bonchev–Trinajstić information content (AvgIpc) is 2.19. The van der Waals surface area contributed by atoms with E-state index in [4.69, 9.17) is 0 Å². The number of sulfone groups is 1. The van der Waals surface area contributed by atoms with Crippen molar-refractivity contribution in [2.75, 3.05) is 24.8 Å². The molecule has 0 radical (unpaired) electrons. The second-order valence-corrected chi connectivity index (χ2v) is 6.70. The zero-order chi connectivity index (χ0) is 12.0. The van der Waals surface area contributed by atoms with Crippen LogP contribution in [0.15, 0.2) is 17.6 Å². The van der Waals surface area contributed by atoms with Gasteiger partial charge in [-0.25, -0.2) is 18.4 Å². The molecule has 0 saturated heterocycles. The number of thioether (sulfide) groups is 1. The van der Waals surface area contributed by atoms with Gasteiger partial charge in [0.15, 0.2) is 5.16 Å². The minimum absolute atomic E-state index is 0.152. The van der Waals surface area contributed by atoms with Crippen LogP contribution < -0.4 is 5.32 Å². The third-order valence-electron chi connectivity index (χ3n) is 1.75. The lowest BCUT2D eigenvalue weighted by atomic mass is 10.3. The third-order valence-corrected chi connectivity index (χ3v) is 3.83. The molecule has 1 aromatic rings. The quantitative estimate of drug-likeness (QED) is 0.588. The molecule has 1 rings (SSSR count). The van der Waals surface area contributed by atoms with Crippen LogP contribution in [-0.2, 0) is 16.4 Å². The van der Waals surface area contributed by atoms with Gasteiger partial charge in [0.1, 0.15) is 9.84 Å². The maximum Gasteiger partial charge on any atom is 0.187 e. The fraction of sp³-hybridized carbons (Fsp3) is 0.556. The fourth-order valence-electron chi connectivity index (χ4n) is 0.997. The van der Waals surface area contributed by atoms with Gasteiger partial charge in [-0.3, -0.25) is 0 Å². The van der Waals surface area contributed by atoms with Crippen LogP contribution in [-0.4, -0.2) is 43.2 Å². The lowest BCUT2D eigenvalue weighted by Crippen LogP contribution is -2.07. The summed E-state index contributed by atoms with van der Waals surface area (Å²) in [5.41, 5.74) is 1.01. The maximum absolute atomic E-state index is 10.9. The van der Waals surface area contributed by atoms with E-state index in [0.717, 1.165) is 12.1 Å². The number of hydrogen-bond acceptors (Lipinski definition) is 6. The highest BCUT2D eigenvalue weighted by molar-refractivity contribution is 8.00. The molecule has 0 aromatic carbocycles. The number of nitrogens with zero attached hydrogens (tertiary/aromatic N) is 2. The number of aromatic nitrogens is 2. The number of rotatable bonds is 6. The van der Waals surface area contributed by atoms with Gasteiger partial charge in [-0.2, -0.15) is 0 Å². The summed E-state index contributed by atoms with van der Waals surface area (Å²) in [6.45, 7) is 0.730. The molecule has 0 saturated carbocycles. The Hall–Kier alpha value is -0.660. The van der Waals surface area contributed by atoms with Crippen molar-refractivity contribution < 1.29 is 8.42 Å². The molecule has 1 N–H and O–H groups in total. The Kier molecular flexibility index (Phi) is 5.17. The Balaban J connectivity index is 2.43. The second-order valence-electron chi connectivity index (χ2n) is 3.38. The molecule has 0 aliphatic heterocycles. The van der Waals surface area contributed by atoms with Crippen molar-refractivity contribution in [3.05, 3.63) is 18.0 Å². The molecule has 1 aromatic heterocycles. The minimum atomic E-state index is -2.90. The first-order valence-electron chi connectivity index (χ1n) is 4.77. The van der Waals surface area contributed by atoms with Crippen LogP contribution in [0.2, 0.25) is 0 Å². The van der Waals surface area contributed by atoms with E-state index in [-0.39, 0.29) is 5.75 Å². The van der Waals surface area contributed by atoms with Crippen LogP contribution in [0.5, 0.6) is 0 Å².